The summed E-state index contributed by atoms with van der Waals surface area (Å²) in [6.07, 6.45) is 5.63. The molecule has 5 nitrogen and oxygen atoms in total. The quantitative estimate of drug-likeness (QED) is 0.917. The largest absolute Gasteiger partial charge is 0.493 e. The van der Waals surface area contributed by atoms with Gasteiger partial charge >= 0.3 is 0 Å². The van der Waals surface area contributed by atoms with Crippen LogP contribution in [0.3, 0.4) is 0 Å². The Bertz CT molecular complexity index is 568. The van der Waals surface area contributed by atoms with Crippen LogP contribution >= 0.6 is 0 Å². The number of hydrogen-bond donors (Lipinski definition) is 1. The molecule has 1 fully saturated rings. The number of benzene rings is 1. The summed E-state index contributed by atoms with van der Waals surface area (Å²) in [6, 6.07) is 4.30. The van der Waals surface area contributed by atoms with Crippen LogP contribution in [-0.2, 0) is 17.6 Å². The fourth-order valence-corrected chi connectivity index (χ4v) is 3.97. The van der Waals surface area contributed by atoms with Gasteiger partial charge in [-0.25, -0.2) is 0 Å². The normalized spacial score (nSPS) is 23.5. The van der Waals surface area contributed by atoms with Gasteiger partial charge in [0, 0.05) is 25.6 Å². The van der Waals surface area contributed by atoms with Crippen molar-refractivity contribution in [2.45, 2.75) is 44.6 Å². The number of methoxy groups -OCH3 is 2. The Balaban J connectivity index is 1.67. The van der Waals surface area contributed by atoms with Crippen molar-refractivity contribution >= 4 is 5.91 Å². The van der Waals surface area contributed by atoms with Gasteiger partial charge in [-0.15, -0.1) is 0 Å². The second-order valence-corrected chi connectivity index (χ2v) is 6.92. The molecular weight excluding hydrogens is 304 g/mol. The molecule has 1 heterocycles. The Morgan fingerprint density at radius 1 is 1.12 bits per heavy atom. The molecule has 0 unspecified atom stereocenters. The lowest BCUT2D eigenvalue weighted by Crippen LogP contribution is -2.36. The summed E-state index contributed by atoms with van der Waals surface area (Å²) >= 11 is 0. The SMILES string of the molecule is COc1cc2c(cc1OC)CCN(C(=O)C[C@@H]1CCC[C@H]1N)CC2. The van der Waals surface area contributed by atoms with E-state index in [0.29, 0.717) is 12.3 Å². The van der Waals surface area contributed by atoms with Crippen LogP contribution in [0.15, 0.2) is 12.1 Å². The highest BCUT2D eigenvalue weighted by molar-refractivity contribution is 5.76. The lowest BCUT2D eigenvalue weighted by molar-refractivity contribution is -0.132. The van der Waals surface area contributed by atoms with Gasteiger partial charge in [-0.1, -0.05) is 6.42 Å². The molecule has 1 saturated carbocycles. The van der Waals surface area contributed by atoms with E-state index in [1.54, 1.807) is 14.2 Å². The molecule has 24 heavy (non-hydrogen) atoms. The molecule has 2 N–H and O–H groups in total. The van der Waals surface area contributed by atoms with Gasteiger partial charge in [0.25, 0.3) is 0 Å². The zero-order chi connectivity index (χ0) is 17.1. The van der Waals surface area contributed by atoms with Crippen LogP contribution < -0.4 is 15.2 Å². The van der Waals surface area contributed by atoms with E-state index in [2.05, 4.69) is 12.1 Å². The van der Waals surface area contributed by atoms with Gasteiger partial charge in [-0.05, 0) is 54.9 Å². The molecule has 0 aromatic heterocycles. The van der Waals surface area contributed by atoms with Crippen LogP contribution in [0.5, 0.6) is 11.5 Å². The zero-order valence-corrected chi connectivity index (χ0v) is 14.7. The first-order chi connectivity index (χ1) is 11.6. The summed E-state index contributed by atoms with van der Waals surface area (Å²) in [5.74, 6) is 2.13. The second-order valence-electron chi connectivity index (χ2n) is 6.92. The molecule has 5 heteroatoms. The number of carbonyl (C=O) groups is 1. The molecule has 0 saturated heterocycles. The number of nitrogens with two attached hydrogens (primary N) is 1. The van der Waals surface area contributed by atoms with Crippen molar-refractivity contribution < 1.29 is 14.3 Å². The van der Waals surface area contributed by atoms with E-state index in [4.69, 9.17) is 15.2 Å². The van der Waals surface area contributed by atoms with Gasteiger partial charge in [-0.3, -0.25) is 4.79 Å². The summed E-state index contributed by atoms with van der Waals surface area (Å²) in [4.78, 5) is 14.7. The number of nitrogens with zero attached hydrogens (tertiary/aromatic N) is 1. The summed E-state index contributed by atoms with van der Waals surface area (Å²) in [6.45, 7) is 1.53. The van der Waals surface area contributed by atoms with Crippen molar-refractivity contribution in [3.05, 3.63) is 23.3 Å². The standard InChI is InChI=1S/C19H28N2O3/c1-23-17-10-13-6-8-21(9-7-14(13)11-18(17)24-2)19(22)12-15-4-3-5-16(15)20/h10-11,15-16H,3-9,12,20H2,1-2H3/t15-,16+/m0/s1. The third kappa shape index (κ3) is 3.51. The first-order valence-corrected chi connectivity index (χ1v) is 8.89. The Labute approximate surface area is 144 Å². The molecule has 0 bridgehead atoms. The lowest BCUT2D eigenvalue weighted by atomic mass is 9.99. The molecule has 2 atom stereocenters. The van der Waals surface area contributed by atoms with E-state index < -0.39 is 0 Å². The maximum absolute atomic E-state index is 12.7. The first-order valence-electron chi connectivity index (χ1n) is 8.89. The molecule has 1 aromatic rings. The minimum absolute atomic E-state index is 0.201. The smallest absolute Gasteiger partial charge is 0.222 e. The summed E-state index contributed by atoms with van der Waals surface area (Å²) in [5, 5.41) is 0. The highest BCUT2D eigenvalue weighted by atomic mass is 16.5. The van der Waals surface area contributed by atoms with Gasteiger partial charge in [0.15, 0.2) is 11.5 Å². The fourth-order valence-electron chi connectivity index (χ4n) is 3.97. The van der Waals surface area contributed by atoms with Crippen molar-refractivity contribution in [1.29, 1.82) is 0 Å². The van der Waals surface area contributed by atoms with Crippen molar-refractivity contribution in [1.82, 2.24) is 4.90 Å². The highest BCUT2D eigenvalue weighted by Gasteiger charge is 2.28. The third-order valence-corrected chi connectivity index (χ3v) is 5.52. The third-order valence-electron chi connectivity index (χ3n) is 5.52. The maximum atomic E-state index is 12.7. The minimum Gasteiger partial charge on any atom is -0.493 e. The van der Waals surface area contributed by atoms with Crippen LogP contribution in [0.1, 0.15) is 36.8 Å². The van der Waals surface area contributed by atoms with Crippen molar-refractivity contribution in [3.63, 3.8) is 0 Å². The Hall–Kier alpha value is -1.75. The summed E-state index contributed by atoms with van der Waals surface area (Å²) < 4.78 is 10.8. The molecule has 1 aliphatic heterocycles. The molecule has 2 aliphatic rings. The number of amides is 1. The van der Waals surface area contributed by atoms with Gasteiger partial charge in [-0.2, -0.15) is 0 Å². The highest BCUT2D eigenvalue weighted by Crippen LogP contribution is 2.33. The van der Waals surface area contributed by atoms with E-state index in [1.165, 1.54) is 11.1 Å². The van der Waals surface area contributed by atoms with Gasteiger partial charge in [0.2, 0.25) is 5.91 Å². The Kier molecular flexibility index (Phi) is 5.29. The number of carbonyl (C=O) groups excluding carboxylic acids is 1. The maximum Gasteiger partial charge on any atom is 0.222 e. The molecular formula is C19H28N2O3. The molecule has 0 spiro atoms. The average molecular weight is 332 g/mol. The van der Waals surface area contributed by atoms with Crippen LogP contribution in [-0.4, -0.2) is 44.2 Å². The molecule has 1 amide bonds. The molecule has 0 radical (unpaired) electrons. The number of rotatable bonds is 4. The monoisotopic (exact) mass is 332 g/mol. The number of fused-ring (bicyclic) bond motifs is 1. The minimum atomic E-state index is 0.201. The molecule has 1 aromatic carbocycles. The summed E-state index contributed by atoms with van der Waals surface area (Å²) in [5.41, 5.74) is 8.62. The fraction of sp³-hybridized carbons (Fsp3) is 0.632. The van der Waals surface area contributed by atoms with Crippen molar-refractivity contribution in [3.8, 4) is 11.5 Å². The summed E-state index contributed by atoms with van der Waals surface area (Å²) in [7, 11) is 3.31. The van der Waals surface area contributed by atoms with Gasteiger partial charge in [0.05, 0.1) is 14.2 Å². The van der Waals surface area contributed by atoms with E-state index in [-0.39, 0.29) is 11.9 Å². The van der Waals surface area contributed by atoms with Crippen molar-refractivity contribution in [2.75, 3.05) is 27.3 Å². The van der Waals surface area contributed by atoms with E-state index in [0.717, 1.165) is 56.7 Å². The predicted molar refractivity (Wildman–Crippen MR) is 93.5 cm³/mol. The topological polar surface area (TPSA) is 64.8 Å². The lowest BCUT2D eigenvalue weighted by Gasteiger charge is -2.23. The zero-order valence-electron chi connectivity index (χ0n) is 14.7. The van der Waals surface area contributed by atoms with Crippen molar-refractivity contribution in [2.24, 2.45) is 11.7 Å². The second kappa shape index (κ2) is 7.43. The Morgan fingerprint density at radius 3 is 2.17 bits per heavy atom. The van der Waals surface area contributed by atoms with Gasteiger partial charge in [0.1, 0.15) is 0 Å². The number of hydrogen-bond acceptors (Lipinski definition) is 4. The Morgan fingerprint density at radius 2 is 1.71 bits per heavy atom. The van der Waals surface area contributed by atoms with Crippen LogP contribution in [0.4, 0.5) is 0 Å². The van der Waals surface area contributed by atoms with Gasteiger partial charge < -0.3 is 20.1 Å². The first kappa shape index (κ1) is 17.1. The molecule has 132 valence electrons. The number of ether oxygens (including phenoxy) is 2. The van der Waals surface area contributed by atoms with Crippen LogP contribution in [0.2, 0.25) is 0 Å². The molecule has 1 aliphatic carbocycles. The van der Waals surface area contributed by atoms with E-state index in [9.17, 15) is 4.79 Å². The predicted octanol–water partition coefficient (Wildman–Crippen LogP) is 2.15. The van der Waals surface area contributed by atoms with E-state index in [1.807, 2.05) is 4.90 Å². The molecule has 3 rings (SSSR count). The average Bonchev–Trinajstić information content (AvgIpc) is 2.87. The van der Waals surface area contributed by atoms with Crippen LogP contribution in [0.25, 0.3) is 0 Å². The van der Waals surface area contributed by atoms with Crippen LogP contribution in [0, 0.1) is 5.92 Å². The van der Waals surface area contributed by atoms with E-state index >= 15 is 0 Å².